The second-order valence-corrected chi connectivity index (χ2v) is 4.01. The third-order valence-electron chi connectivity index (χ3n) is 1.96. The molecule has 76 valence electrons. The van der Waals surface area contributed by atoms with Gasteiger partial charge < -0.3 is 10.5 Å². The van der Waals surface area contributed by atoms with Crippen molar-refractivity contribution in [3.05, 3.63) is 53.0 Å². The van der Waals surface area contributed by atoms with Crippen LogP contribution in [0.4, 0.5) is 5.69 Å². The molecule has 0 saturated heterocycles. The Labute approximate surface area is 96.8 Å². The Bertz CT molecular complexity index is 453. The zero-order valence-electron chi connectivity index (χ0n) is 7.98. The van der Waals surface area contributed by atoms with Crippen molar-refractivity contribution in [2.75, 3.05) is 5.73 Å². The van der Waals surface area contributed by atoms with Crippen LogP contribution in [-0.2, 0) is 0 Å². The van der Waals surface area contributed by atoms with Gasteiger partial charge in [-0.05, 0) is 36.4 Å². The van der Waals surface area contributed by atoms with Crippen LogP contribution in [0.1, 0.15) is 0 Å². The number of hydrogen-bond donors (Lipinski definition) is 1. The molecule has 3 heteroatoms. The number of anilines is 1. The van der Waals surface area contributed by atoms with Gasteiger partial charge in [-0.25, -0.2) is 0 Å². The highest BCUT2D eigenvalue weighted by Crippen LogP contribution is 2.27. The second kappa shape index (κ2) is 4.36. The number of para-hydroxylation sites is 2. The van der Waals surface area contributed by atoms with Gasteiger partial charge in [0.25, 0.3) is 0 Å². The largest absolute Gasteiger partial charge is 0.455 e. The van der Waals surface area contributed by atoms with Crippen molar-refractivity contribution in [3.63, 3.8) is 0 Å². The predicted octanol–water partition coefficient (Wildman–Crippen LogP) is 3.82. The summed E-state index contributed by atoms with van der Waals surface area (Å²) in [6.45, 7) is 0. The van der Waals surface area contributed by atoms with Gasteiger partial charge in [0.2, 0.25) is 0 Å². The van der Waals surface area contributed by atoms with Crippen LogP contribution in [0.25, 0.3) is 0 Å². The van der Waals surface area contributed by atoms with Gasteiger partial charge in [-0.1, -0.05) is 28.1 Å². The summed E-state index contributed by atoms with van der Waals surface area (Å²) in [7, 11) is 0. The maximum absolute atomic E-state index is 5.76. The van der Waals surface area contributed by atoms with E-state index in [0.717, 1.165) is 10.2 Å². The van der Waals surface area contributed by atoms with Crippen LogP contribution in [0.15, 0.2) is 53.0 Å². The van der Waals surface area contributed by atoms with Gasteiger partial charge in [0.1, 0.15) is 11.5 Å². The molecule has 0 heterocycles. The Kier molecular flexibility index (Phi) is 2.92. The van der Waals surface area contributed by atoms with Crippen LogP contribution in [0, 0.1) is 0 Å². The average molecular weight is 264 g/mol. The lowest BCUT2D eigenvalue weighted by Crippen LogP contribution is -1.90. The van der Waals surface area contributed by atoms with Crippen LogP contribution < -0.4 is 10.5 Å². The third-order valence-corrected chi connectivity index (χ3v) is 2.49. The number of halogens is 1. The van der Waals surface area contributed by atoms with E-state index in [-0.39, 0.29) is 0 Å². The second-order valence-electron chi connectivity index (χ2n) is 3.09. The van der Waals surface area contributed by atoms with Crippen molar-refractivity contribution in [3.8, 4) is 11.5 Å². The topological polar surface area (TPSA) is 35.2 Å². The lowest BCUT2D eigenvalue weighted by molar-refractivity contribution is 0.485. The minimum Gasteiger partial charge on any atom is -0.455 e. The fourth-order valence-corrected chi connectivity index (χ4v) is 1.47. The third kappa shape index (κ3) is 2.50. The molecule has 0 bridgehead atoms. The molecule has 0 saturated carbocycles. The zero-order valence-corrected chi connectivity index (χ0v) is 9.57. The molecule has 2 N–H and O–H groups in total. The van der Waals surface area contributed by atoms with Crippen LogP contribution >= 0.6 is 15.9 Å². The number of benzene rings is 2. The van der Waals surface area contributed by atoms with Gasteiger partial charge >= 0.3 is 0 Å². The molecule has 2 aromatic carbocycles. The highest BCUT2D eigenvalue weighted by Gasteiger charge is 2.00. The molecule has 0 aliphatic heterocycles. The highest BCUT2D eigenvalue weighted by molar-refractivity contribution is 9.10. The van der Waals surface area contributed by atoms with Crippen molar-refractivity contribution in [1.29, 1.82) is 0 Å². The summed E-state index contributed by atoms with van der Waals surface area (Å²) in [4.78, 5) is 0. The summed E-state index contributed by atoms with van der Waals surface area (Å²) >= 11 is 3.37. The van der Waals surface area contributed by atoms with Crippen LogP contribution in [0.3, 0.4) is 0 Å². The van der Waals surface area contributed by atoms with Gasteiger partial charge in [-0.3, -0.25) is 0 Å². The molecule has 2 aromatic rings. The van der Waals surface area contributed by atoms with Crippen molar-refractivity contribution >= 4 is 21.6 Å². The Morgan fingerprint density at radius 1 is 0.933 bits per heavy atom. The SMILES string of the molecule is Nc1ccccc1Oc1ccc(Br)cc1. The standard InChI is InChI=1S/C12H10BrNO/c13-9-5-7-10(8-6-9)15-12-4-2-1-3-11(12)14/h1-8H,14H2. The van der Waals surface area contributed by atoms with Crippen LogP contribution in [-0.4, -0.2) is 0 Å². The molecule has 0 aliphatic carbocycles. The maximum atomic E-state index is 5.76. The quantitative estimate of drug-likeness (QED) is 0.837. The molecule has 2 nitrogen and oxygen atoms in total. The normalized spacial score (nSPS) is 9.93. The van der Waals surface area contributed by atoms with E-state index in [9.17, 15) is 0 Å². The van der Waals surface area contributed by atoms with Crippen molar-refractivity contribution < 1.29 is 4.74 Å². The van der Waals surface area contributed by atoms with E-state index in [0.29, 0.717) is 11.4 Å². The summed E-state index contributed by atoms with van der Waals surface area (Å²) < 4.78 is 6.64. The number of rotatable bonds is 2. The van der Waals surface area contributed by atoms with E-state index in [1.165, 1.54) is 0 Å². The van der Waals surface area contributed by atoms with E-state index in [1.807, 2.05) is 48.5 Å². The van der Waals surface area contributed by atoms with E-state index in [4.69, 9.17) is 10.5 Å². The van der Waals surface area contributed by atoms with E-state index >= 15 is 0 Å². The Balaban J connectivity index is 2.22. The minimum absolute atomic E-state index is 0.639. The molecule has 0 aromatic heterocycles. The van der Waals surface area contributed by atoms with Crippen molar-refractivity contribution in [2.24, 2.45) is 0 Å². The highest BCUT2D eigenvalue weighted by atomic mass is 79.9. The van der Waals surface area contributed by atoms with E-state index in [1.54, 1.807) is 0 Å². The maximum Gasteiger partial charge on any atom is 0.150 e. The van der Waals surface area contributed by atoms with Gasteiger partial charge in [0, 0.05) is 4.47 Å². The van der Waals surface area contributed by atoms with Crippen molar-refractivity contribution in [2.45, 2.75) is 0 Å². The molecular weight excluding hydrogens is 254 g/mol. The zero-order chi connectivity index (χ0) is 10.7. The smallest absolute Gasteiger partial charge is 0.150 e. The first kappa shape index (κ1) is 10.1. The van der Waals surface area contributed by atoms with Crippen molar-refractivity contribution in [1.82, 2.24) is 0 Å². The molecule has 0 aliphatic rings. The fraction of sp³-hybridized carbons (Fsp3) is 0. The van der Waals surface area contributed by atoms with E-state index < -0.39 is 0 Å². The summed E-state index contributed by atoms with van der Waals surface area (Å²) in [6, 6.07) is 15.1. The van der Waals surface area contributed by atoms with Gasteiger partial charge in [0.15, 0.2) is 0 Å². The van der Waals surface area contributed by atoms with E-state index in [2.05, 4.69) is 15.9 Å². The first-order chi connectivity index (χ1) is 7.25. The number of hydrogen-bond acceptors (Lipinski definition) is 2. The molecule has 0 amide bonds. The summed E-state index contributed by atoms with van der Waals surface area (Å²) in [5.74, 6) is 1.45. The Morgan fingerprint density at radius 3 is 2.27 bits per heavy atom. The molecule has 15 heavy (non-hydrogen) atoms. The summed E-state index contributed by atoms with van der Waals surface area (Å²) in [5, 5.41) is 0. The number of ether oxygens (including phenoxy) is 1. The van der Waals surface area contributed by atoms with Crippen LogP contribution in [0.5, 0.6) is 11.5 Å². The molecule has 0 radical (unpaired) electrons. The fourth-order valence-electron chi connectivity index (χ4n) is 1.20. The first-order valence-corrected chi connectivity index (χ1v) is 5.33. The van der Waals surface area contributed by atoms with Crippen LogP contribution in [0.2, 0.25) is 0 Å². The number of nitrogens with two attached hydrogens (primary N) is 1. The summed E-state index contributed by atoms with van der Waals surface area (Å²) in [5.41, 5.74) is 6.40. The number of nitrogen functional groups attached to an aromatic ring is 1. The molecule has 0 unspecified atom stereocenters. The molecule has 2 rings (SSSR count). The van der Waals surface area contributed by atoms with Gasteiger partial charge in [0.05, 0.1) is 5.69 Å². The average Bonchev–Trinajstić information content (AvgIpc) is 2.25. The van der Waals surface area contributed by atoms with Gasteiger partial charge in [-0.2, -0.15) is 0 Å². The Hall–Kier alpha value is -1.48. The minimum atomic E-state index is 0.639. The monoisotopic (exact) mass is 263 g/mol. The predicted molar refractivity (Wildman–Crippen MR) is 65.1 cm³/mol. The lowest BCUT2D eigenvalue weighted by atomic mass is 10.3. The summed E-state index contributed by atoms with van der Waals surface area (Å²) in [6.07, 6.45) is 0. The molecule has 0 atom stereocenters. The Morgan fingerprint density at radius 2 is 1.60 bits per heavy atom. The first-order valence-electron chi connectivity index (χ1n) is 4.53. The molecule has 0 fully saturated rings. The molecular formula is C12H10BrNO. The molecule has 0 spiro atoms. The lowest BCUT2D eigenvalue weighted by Gasteiger charge is -2.07. The van der Waals surface area contributed by atoms with Gasteiger partial charge in [-0.15, -0.1) is 0 Å².